The number of amides is 3. The van der Waals surface area contributed by atoms with E-state index in [1.165, 1.54) is 0 Å². The lowest BCUT2D eigenvalue weighted by molar-refractivity contribution is -0.115. The van der Waals surface area contributed by atoms with Gasteiger partial charge in [0.15, 0.2) is 0 Å². The fourth-order valence-corrected chi connectivity index (χ4v) is 3.73. The zero-order valence-corrected chi connectivity index (χ0v) is 16.2. The molecule has 26 heavy (non-hydrogen) atoms. The number of rotatable bonds is 4. The Balaban J connectivity index is 0.00000243. The molecule has 2 saturated heterocycles. The van der Waals surface area contributed by atoms with Gasteiger partial charge in [0.05, 0.1) is 4.91 Å². The van der Waals surface area contributed by atoms with Gasteiger partial charge in [-0.1, -0.05) is 0 Å². The third-order valence-corrected chi connectivity index (χ3v) is 5.29. The maximum Gasteiger partial charge on any atom is 0.290 e. The normalized spacial score (nSPS) is 21.3. The highest BCUT2D eigenvalue weighted by atomic mass is 35.5. The van der Waals surface area contributed by atoms with Crippen LogP contribution in [0, 0.1) is 0 Å². The summed E-state index contributed by atoms with van der Waals surface area (Å²) in [7, 11) is 4.11. The first-order chi connectivity index (χ1) is 11.8. The summed E-state index contributed by atoms with van der Waals surface area (Å²) in [5.74, 6) is -0.948. The van der Waals surface area contributed by atoms with E-state index in [9.17, 15) is 14.4 Å². The summed E-state index contributed by atoms with van der Waals surface area (Å²) in [6, 6.07) is 5.66. The van der Waals surface area contributed by atoms with Gasteiger partial charge in [0.25, 0.3) is 11.1 Å². The molecule has 1 aromatic rings. The molecule has 2 heterocycles. The number of nitrogens with two attached hydrogens (primary N) is 1. The molecule has 2 aliphatic heterocycles. The van der Waals surface area contributed by atoms with E-state index in [1.54, 1.807) is 18.2 Å². The van der Waals surface area contributed by atoms with Crippen molar-refractivity contribution in [2.75, 3.05) is 32.1 Å². The Morgan fingerprint density at radius 3 is 2.65 bits per heavy atom. The number of imide groups is 1. The Kier molecular flexibility index (Phi) is 6.33. The van der Waals surface area contributed by atoms with Crippen LogP contribution in [0.3, 0.4) is 0 Å². The fourth-order valence-electron chi connectivity index (χ4n) is 3.06. The molecule has 3 amide bonds. The van der Waals surface area contributed by atoms with Crippen LogP contribution in [-0.4, -0.2) is 55.2 Å². The highest BCUT2D eigenvalue weighted by Crippen LogP contribution is 2.32. The van der Waals surface area contributed by atoms with E-state index in [1.807, 2.05) is 6.07 Å². The van der Waals surface area contributed by atoms with Crippen molar-refractivity contribution in [3.05, 3.63) is 34.2 Å². The number of carbonyl (C=O) groups is 3. The molecule has 1 unspecified atom stereocenters. The lowest BCUT2D eigenvalue weighted by atomic mass is 10.1. The molecule has 0 bridgehead atoms. The number of likely N-dealkylation sites (N-methyl/N-ethyl adjacent to an activating group) is 1. The number of benzene rings is 1. The lowest BCUT2D eigenvalue weighted by Gasteiger charge is -2.23. The molecule has 1 aromatic carbocycles. The van der Waals surface area contributed by atoms with Crippen LogP contribution < -0.4 is 16.0 Å². The lowest BCUT2D eigenvalue weighted by Crippen LogP contribution is -2.31. The standard InChI is InChI=1S/C17H20N4O3S.ClH/c1-20(2)12-5-6-21(9-12)13-4-3-10(15(18)22)7-11(13)8-14-16(23)19-17(24)25-14;/h3-4,7-8,12H,5-6,9H2,1-2H3,(H2,18,22)(H,19,23,24);1H/b14-8-;. The summed E-state index contributed by atoms with van der Waals surface area (Å²) >= 11 is 0.858. The zero-order valence-electron chi connectivity index (χ0n) is 14.5. The summed E-state index contributed by atoms with van der Waals surface area (Å²) in [4.78, 5) is 39.5. The number of primary amides is 1. The van der Waals surface area contributed by atoms with E-state index in [4.69, 9.17) is 5.73 Å². The van der Waals surface area contributed by atoms with Crippen molar-refractivity contribution < 1.29 is 14.4 Å². The molecule has 2 fully saturated rings. The monoisotopic (exact) mass is 396 g/mol. The van der Waals surface area contributed by atoms with E-state index >= 15 is 0 Å². The molecule has 0 spiro atoms. The van der Waals surface area contributed by atoms with Crippen molar-refractivity contribution in [3.63, 3.8) is 0 Å². The number of thioether (sulfide) groups is 1. The first-order valence-corrected chi connectivity index (χ1v) is 8.77. The number of anilines is 1. The summed E-state index contributed by atoms with van der Waals surface area (Å²) in [5, 5.41) is 1.85. The van der Waals surface area contributed by atoms with Crippen molar-refractivity contribution in [1.82, 2.24) is 10.2 Å². The first kappa shape index (κ1) is 20.3. The Labute approximate surface area is 162 Å². The van der Waals surface area contributed by atoms with Crippen LogP contribution in [0.25, 0.3) is 6.08 Å². The quantitative estimate of drug-likeness (QED) is 0.751. The minimum Gasteiger partial charge on any atom is -0.369 e. The maximum atomic E-state index is 11.8. The Morgan fingerprint density at radius 1 is 1.38 bits per heavy atom. The van der Waals surface area contributed by atoms with Gasteiger partial charge < -0.3 is 15.5 Å². The number of hydrogen-bond acceptors (Lipinski definition) is 6. The third kappa shape index (κ3) is 4.20. The molecule has 2 aliphatic rings. The van der Waals surface area contributed by atoms with Gasteiger partial charge in [-0.25, -0.2) is 0 Å². The Bertz CT molecular complexity index is 781. The van der Waals surface area contributed by atoms with Gasteiger partial charge in [-0.05, 0) is 62.1 Å². The van der Waals surface area contributed by atoms with Crippen LogP contribution >= 0.6 is 24.2 Å². The smallest absolute Gasteiger partial charge is 0.290 e. The van der Waals surface area contributed by atoms with Gasteiger partial charge in [-0.2, -0.15) is 0 Å². The van der Waals surface area contributed by atoms with Crippen LogP contribution in [0.15, 0.2) is 23.1 Å². The summed E-state index contributed by atoms with van der Waals surface area (Å²) in [6.07, 6.45) is 2.68. The molecular formula is C17H21ClN4O3S. The molecule has 1 atom stereocenters. The first-order valence-electron chi connectivity index (χ1n) is 7.95. The molecule has 0 saturated carbocycles. The van der Waals surface area contributed by atoms with Crippen molar-refractivity contribution in [3.8, 4) is 0 Å². The van der Waals surface area contributed by atoms with Crippen LogP contribution in [-0.2, 0) is 4.79 Å². The molecular weight excluding hydrogens is 376 g/mol. The number of nitrogens with one attached hydrogen (secondary N) is 1. The maximum absolute atomic E-state index is 11.8. The summed E-state index contributed by atoms with van der Waals surface area (Å²) in [6.45, 7) is 1.74. The van der Waals surface area contributed by atoms with Crippen molar-refractivity contribution in [2.24, 2.45) is 5.73 Å². The number of carbonyl (C=O) groups excluding carboxylic acids is 3. The second-order valence-electron chi connectivity index (χ2n) is 6.34. The van der Waals surface area contributed by atoms with E-state index in [2.05, 4.69) is 29.2 Å². The summed E-state index contributed by atoms with van der Waals surface area (Å²) in [5.41, 5.74) is 7.39. The zero-order chi connectivity index (χ0) is 18.1. The minimum atomic E-state index is -0.529. The van der Waals surface area contributed by atoms with Crippen LogP contribution in [0.4, 0.5) is 10.5 Å². The number of nitrogens with zero attached hydrogens (tertiary/aromatic N) is 2. The van der Waals surface area contributed by atoms with Gasteiger partial charge in [-0.15, -0.1) is 12.4 Å². The van der Waals surface area contributed by atoms with E-state index in [0.717, 1.165) is 37.0 Å². The predicted molar refractivity (Wildman–Crippen MR) is 106 cm³/mol. The predicted octanol–water partition coefficient (Wildman–Crippen LogP) is 1.67. The molecule has 0 aromatic heterocycles. The van der Waals surface area contributed by atoms with E-state index < -0.39 is 17.1 Å². The minimum absolute atomic E-state index is 0. The van der Waals surface area contributed by atoms with Crippen molar-refractivity contribution in [1.29, 1.82) is 0 Å². The van der Waals surface area contributed by atoms with Gasteiger partial charge in [-0.3, -0.25) is 19.7 Å². The number of hydrogen-bond donors (Lipinski definition) is 2. The van der Waals surface area contributed by atoms with Crippen LogP contribution in [0.5, 0.6) is 0 Å². The van der Waals surface area contributed by atoms with Crippen LogP contribution in [0.1, 0.15) is 22.3 Å². The fraction of sp³-hybridized carbons (Fsp3) is 0.353. The van der Waals surface area contributed by atoms with Gasteiger partial charge in [0.2, 0.25) is 5.91 Å². The van der Waals surface area contributed by atoms with E-state index in [-0.39, 0.29) is 12.4 Å². The average Bonchev–Trinajstić information content (AvgIpc) is 3.14. The SMILES string of the molecule is CN(C)C1CCN(c2ccc(C(N)=O)cc2/C=C2\SC(=O)NC2=O)C1.Cl. The molecule has 3 N–H and O–H groups in total. The largest absolute Gasteiger partial charge is 0.369 e. The van der Waals surface area contributed by atoms with Gasteiger partial charge in [0.1, 0.15) is 0 Å². The molecule has 0 aliphatic carbocycles. The molecule has 0 radical (unpaired) electrons. The molecule has 140 valence electrons. The van der Waals surface area contributed by atoms with Gasteiger partial charge >= 0.3 is 0 Å². The number of halogens is 1. The van der Waals surface area contributed by atoms with Crippen molar-refractivity contribution in [2.45, 2.75) is 12.5 Å². The topological polar surface area (TPSA) is 95.7 Å². The highest BCUT2D eigenvalue weighted by molar-refractivity contribution is 8.18. The highest BCUT2D eigenvalue weighted by Gasteiger charge is 2.28. The van der Waals surface area contributed by atoms with Crippen molar-refractivity contribution >= 4 is 53.0 Å². The van der Waals surface area contributed by atoms with E-state index in [0.29, 0.717) is 22.1 Å². The van der Waals surface area contributed by atoms with Crippen LogP contribution in [0.2, 0.25) is 0 Å². The molecule has 9 heteroatoms. The second-order valence-corrected chi connectivity index (χ2v) is 7.36. The average molecular weight is 397 g/mol. The Morgan fingerprint density at radius 2 is 2.12 bits per heavy atom. The second kappa shape index (κ2) is 8.11. The molecule has 3 rings (SSSR count). The summed E-state index contributed by atoms with van der Waals surface area (Å²) < 4.78 is 0. The van der Waals surface area contributed by atoms with Gasteiger partial charge in [0, 0.05) is 30.4 Å². The third-order valence-electron chi connectivity index (χ3n) is 4.48. The molecule has 7 nitrogen and oxygen atoms in total. The Hall–Kier alpha value is -2.03.